The Bertz CT molecular complexity index is 911. The van der Waals surface area contributed by atoms with Crippen molar-refractivity contribution < 1.29 is 9.53 Å². The Kier molecular flexibility index (Phi) is 4.06. The molecule has 0 fully saturated rings. The van der Waals surface area contributed by atoms with Gasteiger partial charge in [0, 0.05) is 22.6 Å². The van der Waals surface area contributed by atoms with Crippen molar-refractivity contribution in [3.8, 4) is 0 Å². The molecule has 128 valence electrons. The Hall–Kier alpha value is -2.59. The number of aromatic amines is 1. The molecule has 25 heavy (non-hydrogen) atoms. The van der Waals surface area contributed by atoms with Gasteiger partial charge in [0.15, 0.2) is 0 Å². The molecule has 0 saturated carbocycles. The number of aromatic nitrogens is 1. The number of methoxy groups -OCH3 is 1. The number of rotatable bonds is 3. The van der Waals surface area contributed by atoms with Gasteiger partial charge >= 0.3 is 5.97 Å². The number of para-hydroxylation sites is 1. The fraction of sp³-hybridized carbons (Fsp3) is 0.286. The van der Waals surface area contributed by atoms with Crippen LogP contribution in [0.4, 0.5) is 0 Å². The second kappa shape index (κ2) is 6.37. The minimum Gasteiger partial charge on any atom is -0.465 e. The molecular formula is C21H22N2O2. The quantitative estimate of drug-likeness (QED) is 0.713. The largest absolute Gasteiger partial charge is 0.465 e. The van der Waals surface area contributed by atoms with E-state index >= 15 is 0 Å². The summed E-state index contributed by atoms with van der Waals surface area (Å²) >= 11 is 0. The van der Waals surface area contributed by atoms with E-state index in [1.807, 2.05) is 24.3 Å². The van der Waals surface area contributed by atoms with Crippen LogP contribution in [0, 0.1) is 0 Å². The molecule has 3 aromatic rings. The molecular weight excluding hydrogens is 312 g/mol. The van der Waals surface area contributed by atoms with Gasteiger partial charge in [-0.2, -0.15) is 0 Å². The van der Waals surface area contributed by atoms with Crippen molar-refractivity contribution in [1.82, 2.24) is 10.3 Å². The van der Waals surface area contributed by atoms with E-state index in [4.69, 9.17) is 4.74 Å². The Balaban J connectivity index is 1.78. The molecule has 2 N–H and O–H groups in total. The zero-order chi connectivity index (χ0) is 17.4. The lowest BCUT2D eigenvalue weighted by Crippen LogP contribution is -2.39. The van der Waals surface area contributed by atoms with Gasteiger partial charge in [0.2, 0.25) is 0 Å². The molecule has 0 saturated heterocycles. The Morgan fingerprint density at radius 2 is 1.92 bits per heavy atom. The highest BCUT2D eigenvalue weighted by Gasteiger charge is 2.29. The van der Waals surface area contributed by atoms with Crippen LogP contribution in [0.2, 0.25) is 0 Å². The lowest BCUT2D eigenvalue weighted by atomic mass is 9.89. The maximum Gasteiger partial charge on any atom is 0.337 e. The van der Waals surface area contributed by atoms with E-state index in [0.29, 0.717) is 11.6 Å². The van der Waals surface area contributed by atoms with Gasteiger partial charge in [-0.15, -0.1) is 0 Å². The van der Waals surface area contributed by atoms with Gasteiger partial charge in [-0.25, -0.2) is 4.79 Å². The fourth-order valence-electron chi connectivity index (χ4n) is 3.77. The van der Waals surface area contributed by atoms with Gasteiger partial charge in [0.1, 0.15) is 0 Å². The van der Waals surface area contributed by atoms with Crippen molar-refractivity contribution in [3.63, 3.8) is 0 Å². The SMILES string of the molecule is CC[C@H]1Cc2c([nH]c3ccccc23)[C@H](c2ccc(C(=O)OC)cc2)N1. The molecule has 2 heterocycles. The predicted octanol–water partition coefficient (Wildman–Crippen LogP) is 3.97. The van der Waals surface area contributed by atoms with E-state index in [2.05, 4.69) is 41.5 Å². The number of hydrogen-bond acceptors (Lipinski definition) is 3. The number of benzene rings is 2. The molecule has 0 spiro atoms. The van der Waals surface area contributed by atoms with Gasteiger partial charge in [-0.05, 0) is 42.2 Å². The van der Waals surface area contributed by atoms with Gasteiger partial charge in [-0.1, -0.05) is 37.3 Å². The molecule has 1 aliphatic rings. The molecule has 4 heteroatoms. The van der Waals surface area contributed by atoms with Crippen molar-refractivity contribution >= 4 is 16.9 Å². The van der Waals surface area contributed by atoms with Crippen LogP contribution in [0.1, 0.15) is 46.6 Å². The zero-order valence-corrected chi connectivity index (χ0v) is 14.5. The van der Waals surface area contributed by atoms with E-state index in [1.54, 1.807) is 0 Å². The van der Waals surface area contributed by atoms with Crippen LogP contribution in [0.5, 0.6) is 0 Å². The van der Waals surface area contributed by atoms with Crippen LogP contribution in [0.3, 0.4) is 0 Å². The molecule has 4 rings (SSSR count). The molecule has 0 amide bonds. The van der Waals surface area contributed by atoms with Crippen molar-refractivity contribution in [1.29, 1.82) is 0 Å². The highest BCUT2D eigenvalue weighted by atomic mass is 16.5. The minimum atomic E-state index is -0.305. The summed E-state index contributed by atoms with van der Waals surface area (Å²) in [4.78, 5) is 15.3. The summed E-state index contributed by atoms with van der Waals surface area (Å²) < 4.78 is 4.79. The molecule has 0 unspecified atom stereocenters. The summed E-state index contributed by atoms with van der Waals surface area (Å²) in [5, 5.41) is 5.07. The first-order valence-corrected chi connectivity index (χ1v) is 8.75. The fourth-order valence-corrected chi connectivity index (χ4v) is 3.77. The van der Waals surface area contributed by atoms with E-state index in [0.717, 1.165) is 18.4 Å². The van der Waals surface area contributed by atoms with Crippen LogP contribution >= 0.6 is 0 Å². The van der Waals surface area contributed by atoms with Crippen LogP contribution in [0.15, 0.2) is 48.5 Å². The lowest BCUT2D eigenvalue weighted by molar-refractivity contribution is 0.0600. The molecule has 2 atom stereocenters. The molecule has 4 nitrogen and oxygen atoms in total. The lowest BCUT2D eigenvalue weighted by Gasteiger charge is -2.31. The smallest absolute Gasteiger partial charge is 0.337 e. The Morgan fingerprint density at radius 1 is 1.16 bits per heavy atom. The van der Waals surface area contributed by atoms with Crippen molar-refractivity contribution in [2.45, 2.75) is 31.8 Å². The van der Waals surface area contributed by atoms with Crippen LogP contribution < -0.4 is 5.32 Å². The molecule has 1 aromatic heterocycles. The maximum atomic E-state index is 11.7. The van der Waals surface area contributed by atoms with E-state index < -0.39 is 0 Å². The van der Waals surface area contributed by atoms with Crippen molar-refractivity contribution in [3.05, 3.63) is 70.9 Å². The summed E-state index contributed by atoms with van der Waals surface area (Å²) in [5.74, 6) is -0.305. The average Bonchev–Trinajstić information content (AvgIpc) is 3.05. The molecule has 2 aromatic carbocycles. The first kappa shape index (κ1) is 15.9. The summed E-state index contributed by atoms with van der Waals surface area (Å²) in [6.07, 6.45) is 2.11. The third kappa shape index (κ3) is 2.72. The second-order valence-corrected chi connectivity index (χ2v) is 6.59. The standard InChI is InChI=1S/C21H22N2O2/c1-3-15-12-17-16-6-4-5-7-18(16)23-20(17)19(22-15)13-8-10-14(11-9-13)21(24)25-2/h4-11,15,19,22-23H,3,12H2,1-2H3/t15-,19-/m0/s1. The summed E-state index contributed by atoms with van der Waals surface area (Å²) in [6.45, 7) is 2.22. The number of fused-ring (bicyclic) bond motifs is 3. The normalized spacial score (nSPS) is 19.6. The molecule has 1 aliphatic heterocycles. The number of carbonyl (C=O) groups excluding carboxylic acids is 1. The highest BCUT2D eigenvalue weighted by Crippen LogP contribution is 2.35. The number of ether oxygens (including phenoxy) is 1. The number of esters is 1. The average molecular weight is 334 g/mol. The monoisotopic (exact) mass is 334 g/mol. The van der Waals surface area contributed by atoms with E-state index in [9.17, 15) is 4.79 Å². The minimum absolute atomic E-state index is 0.104. The van der Waals surface area contributed by atoms with Gasteiger partial charge in [0.25, 0.3) is 0 Å². The first-order chi connectivity index (χ1) is 12.2. The van der Waals surface area contributed by atoms with Crippen LogP contribution in [-0.4, -0.2) is 24.1 Å². The summed E-state index contributed by atoms with van der Waals surface area (Å²) in [5.41, 5.74) is 5.55. The highest BCUT2D eigenvalue weighted by molar-refractivity contribution is 5.89. The van der Waals surface area contributed by atoms with Gasteiger partial charge < -0.3 is 15.0 Å². The molecule has 0 aliphatic carbocycles. The van der Waals surface area contributed by atoms with E-state index in [1.165, 1.54) is 29.3 Å². The zero-order valence-electron chi connectivity index (χ0n) is 14.5. The van der Waals surface area contributed by atoms with Crippen LogP contribution in [-0.2, 0) is 11.2 Å². The van der Waals surface area contributed by atoms with E-state index in [-0.39, 0.29) is 12.0 Å². The van der Waals surface area contributed by atoms with Gasteiger partial charge in [-0.3, -0.25) is 0 Å². The second-order valence-electron chi connectivity index (χ2n) is 6.59. The van der Waals surface area contributed by atoms with Gasteiger partial charge in [0.05, 0.1) is 18.7 Å². The molecule has 0 radical (unpaired) electrons. The van der Waals surface area contributed by atoms with Crippen LogP contribution in [0.25, 0.3) is 10.9 Å². The predicted molar refractivity (Wildman–Crippen MR) is 98.8 cm³/mol. The number of nitrogens with one attached hydrogen (secondary N) is 2. The number of hydrogen-bond donors (Lipinski definition) is 2. The number of H-pyrrole nitrogens is 1. The summed E-state index contributed by atoms with van der Waals surface area (Å²) in [7, 11) is 1.40. The third-order valence-corrected chi connectivity index (χ3v) is 5.15. The Labute approximate surface area is 147 Å². The third-order valence-electron chi connectivity index (χ3n) is 5.15. The van der Waals surface area contributed by atoms with Crippen molar-refractivity contribution in [2.75, 3.05) is 7.11 Å². The summed E-state index contributed by atoms with van der Waals surface area (Å²) in [6, 6.07) is 16.7. The number of carbonyl (C=O) groups is 1. The van der Waals surface area contributed by atoms with Crippen molar-refractivity contribution in [2.24, 2.45) is 0 Å². The maximum absolute atomic E-state index is 11.7. The first-order valence-electron chi connectivity index (χ1n) is 8.75. The Morgan fingerprint density at radius 3 is 2.64 bits per heavy atom. The molecule has 0 bridgehead atoms. The topological polar surface area (TPSA) is 54.1 Å².